The molecule has 0 spiro atoms. The molecule has 0 aliphatic heterocycles. The standard InChI is InChI=1S/C23H20ClN3O4S/c1-2-15-31-22-6-4-3-5-18(22)16-25-26-23(28)17-7-11-20(12-8-17)27-32(29,30)21-13-9-19(24)10-14-21/h2-14,16,27H,1,15H2,(H,26,28)/b25-16-. The fraction of sp³-hybridized carbons (Fsp3) is 0.0435. The highest BCUT2D eigenvalue weighted by atomic mass is 35.5. The lowest BCUT2D eigenvalue weighted by Gasteiger charge is -2.09. The van der Waals surface area contributed by atoms with E-state index in [1.165, 1.54) is 54.7 Å². The van der Waals surface area contributed by atoms with Crippen LogP contribution >= 0.6 is 11.6 Å². The van der Waals surface area contributed by atoms with Gasteiger partial charge in [0.15, 0.2) is 0 Å². The fourth-order valence-corrected chi connectivity index (χ4v) is 3.79. The van der Waals surface area contributed by atoms with Crippen molar-refractivity contribution >= 4 is 39.4 Å². The number of benzene rings is 3. The van der Waals surface area contributed by atoms with Gasteiger partial charge in [-0.25, -0.2) is 13.8 Å². The number of rotatable bonds is 9. The summed E-state index contributed by atoms with van der Waals surface area (Å²) in [4.78, 5) is 12.4. The number of ether oxygens (including phenoxy) is 1. The Kier molecular flexibility index (Phi) is 7.64. The fourth-order valence-electron chi connectivity index (χ4n) is 2.61. The Balaban J connectivity index is 1.62. The maximum atomic E-state index is 12.4. The van der Waals surface area contributed by atoms with Crippen LogP contribution in [-0.2, 0) is 10.0 Å². The molecule has 0 saturated carbocycles. The van der Waals surface area contributed by atoms with Crippen molar-refractivity contribution in [1.82, 2.24) is 5.43 Å². The van der Waals surface area contributed by atoms with Crippen molar-refractivity contribution in [1.29, 1.82) is 0 Å². The molecule has 0 fully saturated rings. The molecule has 0 unspecified atom stereocenters. The predicted octanol–water partition coefficient (Wildman–Crippen LogP) is 4.47. The number of para-hydroxylation sites is 1. The second kappa shape index (κ2) is 10.6. The van der Waals surface area contributed by atoms with E-state index in [9.17, 15) is 13.2 Å². The molecule has 3 aromatic carbocycles. The number of hydrogen-bond donors (Lipinski definition) is 2. The summed E-state index contributed by atoms with van der Waals surface area (Å²) in [5, 5.41) is 4.40. The third-order valence-corrected chi connectivity index (χ3v) is 5.82. The molecule has 0 aromatic heterocycles. The van der Waals surface area contributed by atoms with Gasteiger partial charge in [0.1, 0.15) is 12.4 Å². The smallest absolute Gasteiger partial charge is 0.271 e. The second-order valence-corrected chi connectivity index (χ2v) is 8.59. The number of amides is 1. The zero-order chi connectivity index (χ0) is 23.0. The predicted molar refractivity (Wildman–Crippen MR) is 126 cm³/mol. The van der Waals surface area contributed by atoms with Gasteiger partial charge in [-0.3, -0.25) is 9.52 Å². The maximum absolute atomic E-state index is 12.4. The lowest BCUT2D eigenvalue weighted by molar-refractivity contribution is 0.0955. The Morgan fingerprint density at radius 3 is 2.41 bits per heavy atom. The number of anilines is 1. The summed E-state index contributed by atoms with van der Waals surface area (Å²) in [6.45, 7) is 3.96. The van der Waals surface area contributed by atoms with Crippen LogP contribution in [0.4, 0.5) is 5.69 Å². The molecule has 0 aliphatic rings. The molecule has 164 valence electrons. The van der Waals surface area contributed by atoms with E-state index in [4.69, 9.17) is 16.3 Å². The molecular weight excluding hydrogens is 450 g/mol. The average molecular weight is 470 g/mol. The molecule has 0 saturated heterocycles. The average Bonchev–Trinajstić information content (AvgIpc) is 2.79. The van der Waals surface area contributed by atoms with Gasteiger partial charge in [0.2, 0.25) is 0 Å². The Morgan fingerprint density at radius 1 is 1.03 bits per heavy atom. The summed E-state index contributed by atoms with van der Waals surface area (Å²) in [6, 6.07) is 19.0. The highest BCUT2D eigenvalue weighted by Crippen LogP contribution is 2.19. The van der Waals surface area contributed by atoms with E-state index in [0.717, 1.165) is 0 Å². The van der Waals surface area contributed by atoms with Crippen molar-refractivity contribution in [3.63, 3.8) is 0 Å². The molecule has 9 heteroatoms. The van der Waals surface area contributed by atoms with E-state index in [-0.39, 0.29) is 4.90 Å². The van der Waals surface area contributed by atoms with E-state index in [1.807, 2.05) is 12.1 Å². The first-order valence-electron chi connectivity index (χ1n) is 9.43. The zero-order valence-electron chi connectivity index (χ0n) is 16.9. The highest BCUT2D eigenvalue weighted by molar-refractivity contribution is 7.92. The third-order valence-electron chi connectivity index (χ3n) is 4.17. The summed E-state index contributed by atoms with van der Waals surface area (Å²) >= 11 is 5.80. The van der Waals surface area contributed by atoms with Crippen molar-refractivity contribution in [2.24, 2.45) is 5.10 Å². The zero-order valence-corrected chi connectivity index (χ0v) is 18.4. The van der Waals surface area contributed by atoms with Gasteiger partial charge in [0.05, 0.1) is 11.1 Å². The van der Waals surface area contributed by atoms with Crippen LogP contribution in [0.5, 0.6) is 5.75 Å². The van der Waals surface area contributed by atoms with Crippen LogP contribution in [0.1, 0.15) is 15.9 Å². The van der Waals surface area contributed by atoms with E-state index in [2.05, 4.69) is 21.8 Å². The topological polar surface area (TPSA) is 96.9 Å². The van der Waals surface area contributed by atoms with Crippen molar-refractivity contribution in [3.05, 3.63) is 102 Å². The first-order chi connectivity index (χ1) is 15.4. The molecule has 1 amide bonds. The Labute approximate surface area is 191 Å². The number of halogens is 1. The molecule has 0 heterocycles. The normalized spacial score (nSPS) is 11.2. The summed E-state index contributed by atoms with van der Waals surface area (Å²) < 4.78 is 32.9. The van der Waals surface area contributed by atoms with Gasteiger partial charge in [-0.15, -0.1) is 0 Å². The SMILES string of the molecule is C=CCOc1ccccc1/C=N\NC(=O)c1ccc(NS(=O)(=O)c2ccc(Cl)cc2)cc1. The minimum atomic E-state index is -3.77. The number of carbonyl (C=O) groups excluding carboxylic acids is 1. The van der Waals surface area contributed by atoms with Crippen molar-refractivity contribution in [2.75, 3.05) is 11.3 Å². The second-order valence-electron chi connectivity index (χ2n) is 6.47. The lowest BCUT2D eigenvalue weighted by Crippen LogP contribution is -2.18. The molecule has 0 bridgehead atoms. The van der Waals surface area contributed by atoms with Crippen LogP contribution in [-0.4, -0.2) is 27.1 Å². The number of hydrazone groups is 1. The Bertz CT molecular complexity index is 1220. The number of sulfonamides is 1. The highest BCUT2D eigenvalue weighted by Gasteiger charge is 2.14. The number of carbonyl (C=O) groups is 1. The van der Waals surface area contributed by atoms with Crippen LogP contribution in [0.2, 0.25) is 5.02 Å². The van der Waals surface area contributed by atoms with Crippen LogP contribution < -0.4 is 14.9 Å². The van der Waals surface area contributed by atoms with Crippen LogP contribution in [0.15, 0.2) is 95.4 Å². The van der Waals surface area contributed by atoms with Gasteiger partial charge in [-0.05, 0) is 60.7 Å². The van der Waals surface area contributed by atoms with Gasteiger partial charge in [-0.1, -0.05) is 36.4 Å². The lowest BCUT2D eigenvalue weighted by atomic mass is 10.2. The van der Waals surface area contributed by atoms with E-state index < -0.39 is 15.9 Å². The first-order valence-corrected chi connectivity index (χ1v) is 11.3. The number of nitrogens with zero attached hydrogens (tertiary/aromatic N) is 1. The first kappa shape index (κ1) is 23.1. The van der Waals surface area contributed by atoms with Crippen molar-refractivity contribution < 1.29 is 17.9 Å². The maximum Gasteiger partial charge on any atom is 0.271 e. The van der Waals surface area contributed by atoms with Crippen molar-refractivity contribution in [2.45, 2.75) is 4.90 Å². The molecule has 7 nitrogen and oxygen atoms in total. The molecule has 3 aromatic rings. The van der Waals surface area contributed by atoms with Crippen molar-refractivity contribution in [3.8, 4) is 5.75 Å². The summed E-state index contributed by atoms with van der Waals surface area (Å²) in [6.07, 6.45) is 3.11. The van der Waals surface area contributed by atoms with E-state index in [0.29, 0.717) is 34.2 Å². The molecule has 3 rings (SSSR count). The molecule has 0 radical (unpaired) electrons. The van der Waals surface area contributed by atoms with Gasteiger partial charge in [0.25, 0.3) is 15.9 Å². The third kappa shape index (κ3) is 6.19. The largest absolute Gasteiger partial charge is 0.489 e. The van der Waals surface area contributed by atoms with E-state index in [1.54, 1.807) is 18.2 Å². The monoisotopic (exact) mass is 469 g/mol. The minimum absolute atomic E-state index is 0.0791. The Hall–Kier alpha value is -3.62. The molecule has 32 heavy (non-hydrogen) atoms. The summed E-state index contributed by atoms with van der Waals surface area (Å²) in [7, 11) is -3.77. The molecule has 2 N–H and O–H groups in total. The summed E-state index contributed by atoms with van der Waals surface area (Å²) in [5.74, 6) is 0.167. The quantitative estimate of drug-likeness (QED) is 0.274. The van der Waals surface area contributed by atoms with Crippen LogP contribution in [0.25, 0.3) is 0 Å². The molecule has 0 atom stereocenters. The van der Waals surface area contributed by atoms with Crippen LogP contribution in [0.3, 0.4) is 0 Å². The van der Waals surface area contributed by atoms with Gasteiger partial charge in [-0.2, -0.15) is 5.10 Å². The van der Waals surface area contributed by atoms with E-state index >= 15 is 0 Å². The number of nitrogens with one attached hydrogen (secondary N) is 2. The van der Waals surface area contributed by atoms with Gasteiger partial charge in [0, 0.05) is 21.8 Å². The Morgan fingerprint density at radius 2 is 1.72 bits per heavy atom. The molecule has 0 aliphatic carbocycles. The van der Waals surface area contributed by atoms with Gasteiger partial charge < -0.3 is 4.74 Å². The summed E-state index contributed by atoms with van der Waals surface area (Å²) in [5.41, 5.74) is 3.76. The van der Waals surface area contributed by atoms with Gasteiger partial charge >= 0.3 is 0 Å². The minimum Gasteiger partial charge on any atom is -0.489 e. The van der Waals surface area contributed by atoms with Crippen LogP contribution in [0, 0.1) is 0 Å². The number of hydrogen-bond acceptors (Lipinski definition) is 5. The molecular formula is C23H20ClN3O4S.